The van der Waals surface area contributed by atoms with E-state index >= 15 is 0 Å². The third-order valence-electron chi connectivity index (χ3n) is 1.39. The lowest BCUT2D eigenvalue weighted by Crippen LogP contribution is -2.09. The van der Waals surface area contributed by atoms with Crippen LogP contribution in [-0.2, 0) is 4.74 Å². The molecule has 68 valence electrons. The van der Waals surface area contributed by atoms with Gasteiger partial charge in [-0.3, -0.25) is 0 Å². The molecule has 2 N–H and O–H groups in total. The summed E-state index contributed by atoms with van der Waals surface area (Å²) in [6.45, 7) is 3.60. The summed E-state index contributed by atoms with van der Waals surface area (Å²) in [6.07, 6.45) is 3.00. The number of hydrogen-bond donors (Lipinski definition) is 1. The summed E-state index contributed by atoms with van der Waals surface area (Å²) in [5, 5.41) is 0. The maximum atomic E-state index is 11.2. The van der Waals surface area contributed by atoms with Gasteiger partial charge in [0.1, 0.15) is 18.0 Å². The molecular formula is C9H10N2O2. The van der Waals surface area contributed by atoms with Gasteiger partial charge >= 0.3 is 5.97 Å². The van der Waals surface area contributed by atoms with Gasteiger partial charge in [0.05, 0.1) is 0 Å². The molecule has 0 aromatic carbocycles. The molecule has 0 atom stereocenters. The zero-order valence-electron chi connectivity index (χ0n) is 7.06. The molecule has 4 nitrogen and oxygen atoms in total. The minimum Gasteiger partial charge on any atom is -0.458 e. The van der Waals surface area contributed by atoms with Crippen molar-refractivity contribution >= 4 is 11.8 Å². The second-order valence-corrected chi connectivity index (χ2v) is 2.32. The van der Waals surface area contributed by atoms with Crippen LogP contribution < -0.4 is 5.73 Å². The minimum absolute atomic E-state index is 0.174. The number of pyridine rings is 1. The first-order valence-electron chi connectivity index (χ1n) is 3.74. The molecule has 0 aliphatic carbocycles. The van der Waals surface area contributed by atoms with E-state index in [9.17, 15) is 4.79 Å². The number of rotatable bonds is 3. The molecule has 0 unspecified atom stereocenters. The van der Waals surface area contributed by atoms with Crippen molar-refractivity contribution in [3.8, 4) is 0 Å². The molecule has 0 bridgehead atoms. The van der Waals surface area contributed by atoms with Crippen molar-refractivity contribution in [3.63, 3.8) is 0 Å². The number of esters is 1. The third kappa shape index (κ3) is 2.30. The summed E-state index contributed by atoms with van der Waals surface area (Å²) in [7, 11) is 0. The lowest BCUT2D eigenvalue weighted by atomic mass is 10.2. The van der Waals surface area contributed by atoms with Crippen LogP contribution in [0.1, 0.15) is 10.4 Å². The molecule has 13 heavy (non-hydrogen) atoms. The van der Waals surface area contributed by atoms with Crippen LogP contribution in [0.2, 0.25) is 0 Å². The van der Waals surface area contributed by atoms with Crippen LogP contribution in [-0.4, -0.2) is 17.6 Å². The molecule has 0 aliphatic heterocycles. The molecule has 4 heteroatoms. The molecule has 0 saturated heterocycles. The number of carbonyl (C=O) groups excluding carboxylic acids is 1. The largest absolute Gasteiger partial charge is 0.458 e. The first-order valence-corrected chi connectivity index (χ1v) is 3.74. The van der Waals surface area contributed by atoms with Crippen LogP contribution in [0.15, 0.2) is 31.0 Å². The van der Waals surface area contributed by atoms with E-state index in [4.69, 9.17) is 10.5 Å². The average Bonchev–Trinajstić information content (AvgIpc) is 2.15. The van der Waals surface area contributed by atoms with Crippen LogP contribution >= 0.6 is 0 Å². The van der Waals surface area contributed by atoms with Crippen LogP contribution in [0.25, 0.3) is 0 Å². The second kappa shape index (κ2) is 4.25. The van der Waals surface area contributed by atoms with Gasteiger partial charge in [-0.15, -0.1) is 0 Å². The van der Waals surface area contributed by atoms with E-state index in [-0.39, 0.29) is 18.0 Å². The van der Waals surface area contributed by atoms with Crippen molar-refractivity contribution in [2.75, 3.05) is 12.3 Å². The highest BCUT2D eigenvalue weighted by molar-refractivity contribution is 5.93. The van der Waals surface area contributed by atoms with Crippen LogP contribution in [0.5, 0.6) is 0 Å². The first-order chi connectivity index (χ1) is 6.25. The molecular weight excluding hydrogens is 168 g/mol. The predicted octanol–water partition coefficient (Wildman–Crippen LogP) is 1.01. The fraction of sp³-hybridized carbons (Fsp3) is 0.111. The maximum Gasteiger partial charge on any atom is 0.342 e. The molecule has 1 rings (SSSR count). The van der Waals surface area contributed by atoms with E-state index in [0.717, 1.165) is 0 Å². The van der Waals surface area contributed by atoms with Crippen molar-refractivity contribution in [1.82, 2.24) is 4.98 Å². The van der Waals surface area contributed by atoms with E-state index in [1.165, 1.54) is 12.3 Å². The van der Waals surface area contributed by atoms with Gasteiger partial charge in [0.2, 0.25) is 0 Å². The highest BCUT2D eigenvalue weighted by Gasteiger charge is 2.09. The molecule has 1 aromatic heterocycles. The number of nitrogens with zero attached hydrogens (tertiary/aromatic N) is 1. The van der Waals surface area contributed by atoms with Crippen molar-refractivity contribution < 1.29 is 9.53 Å². The maximum absolute atomic E-state index is 11.2. The SMILES string of the molecule is C=CCOC(=O)c1cccnc1N. The van der Waals surface area contributed by atoms with Gasteiger partial charge in [-0.25, -0.2) is 9.78 Å². The summed E-state index contributed by atoms with van der Waals surface area (Å²) < 4.78 is 4.78. The van der Waals surface area contributed by atoms with Crippen LogP contribution in [0.3, 0.4) is 0 Å². The Labute approximate surface area is 76.0 Å². The van der Waals surface area contributed by atoms with E-state index in [2.05, 4.69) is 11.6 Å². The van der Waals surface area contributed by atoms with Gasteiger partial charge in [0, 0.05) is 6.20 Å². The summed E-state index contributed by atoms with van der Waals surface area (Å²) in [5.74, 6) is -0.304. The Morgan fingerprint density at radius 2 is 2.54 bits per heavy atom. The average molecular weight is 178 g/mol. The third-order valence-corrected chi connectivity index (χ3v) is 1.39. The number of ether oxygens (including phenoxy) is 1. The quantitative estimate of drug-likeness (QED) is 0.554. The van der Waals surface area contributed by atoms with Gasteiger partial charge in [0.25, 0.3) is 0 Å². The van der Waals surface area contributed by atoms with Gasteiger partial charge in [-0.2, -0.15) is 0 Å². The van der Waals surface area contributed by atoms with Crippen molar-refractivity contribution in [1.29, 1.82) is 0 Å². The zero-order valence-corrected chi connectivity index (χ0v) is 7.06. The molecule has 0 spiro atoms. The molecule has 1 heterocycles. The molecule has 1 aromatic rings. The second-order valence-electron chi connectivity index (χ2n) is 2.32. The summed E-state index contributed by atoms with van der Waals surface area (Å²) in [4.78, 5) is 15.0. The smallest absolute Gasteiger partial charge is 0.342 e. The molecule has 0 aliphatic rings. The number of nitrogens with two attached hydrogens (primary N) is 1. The van der Waals surface area contributed by atoms with E-state index in [1.54, 1.807) is 12.1 Å². The molecule has 0 fully saturated rings. The number of hydrogen-bond acceptors (Lipinski definition) is 4. The fourth-order valence-electron chi connectivity index (χ4n) is 0.802. The Morgan fingerprint density at radius 3 is 3.15 bits per heavy atom. The molecule has 0 radical (unpaired) electrons. The minimum atomic E-state index is -0.481. The molecule has 0 amide bonds. The van der Waals surface area contributed by atoms with E-state index in [0.29, 0.717) is 0 Å². The van der Waals surface area contributed by atoms with Crippen molar-refractivity contribution in [3.05, 3.63) is 36.5 Å². The van der Waals surface area contributed by atoms with Gasteiger partial charge in [0.15, 0.2) is 0 Å². The normalized spacial score (nSPS) is 9.23. The van der Waals surface area contributed by atoms with Crippen molar-refractivity contribution in [2.24, 2.45) is 0 Å². The van der Waals surface area contributed by atoms with Gasteiger partial charge in [-0.05, 0) is 12.1 Å². The van der Waals surface area contributed by atoms with Crippen molar-refractivity contribution in [2.45, 2.75) is 0 Å². The molecule has 0 saturated carbocycles. The predicted molar refractivity (Wildman–Crippen MR) is 49.1 cm³/mol. The lowest BCUT2D eigenvalue weighted by molar-refractivity contribution is 0.0550. The van der Waals surface area contributed by atoms with E-state index in [1.807, 2.05) is 0 Å². The summed E-state index contributed by atoms with van der Waals surface area (Å²) in [5.41, 5.74) is 5.74. The standard InChI is InChI=1S/C9H10N2O2/c1-2-6-13-9(12)7-4-3-5-11-8(7)10/h2-5H,1,6H2,(H2,10,11). The highest BCUT2D eigenvalue weighted by atomic mass is 16.5. The van der Waals surface area contributed by atoms with Gasteiger partial charge in [-0.1, -0.05) is 12.7 Å². The topological polar surface area (TPSA) is 65.2 Å². The Kier molecular flexibility index (Phi) is 3.03. The number of aromatic nitrogens is 1. The number of carbonyl (C=O) groups is 1. The Bertz CT molecular complexity index is 323. The van der Waals surface area contributed by atoms with Crippen LogP contribution in [0.4, 0.5) is 5.82 Å². The number of nitrogen functional groups attached to an aromatic ring is 1. The Hall–Kier alpha value is -1.84. The summed E-state index contributed by atoms with van der Waals surface area (Å²) in [6, 6.07) is 3.19. The van der Waals surface area contributed by atoms with E-state index < -0.39 is 5.97 Å². The summed E-state index contributed by atoms with van der Waals surface area (Å²) >= 11 is 0. The first kappa shape index (κ1) is 9.25. The fourth-order valence-corrected chi connectivity index (χ4v) is 0.802. The zero-order chi connectivity index (χ0) is 9.68. The Morgan fingerprint density at radius 1 is 1.77 bits per heavy atom. The monoisotopic (exact) mass is 178 g/mol. The lowest BCUT2D eigenvalue weighted by Gasteiger charge is -2.02. The van der Waals surface area contributed by atoms with Crippen LogP contribution in [0, 0.1) is 0 Å². The van der Waals surface area contributed by atoms with Gasteiger partial charge < -0.3 is 10.5 Å². The number of anilines is 1. The highest BCUT2D eigenvalue weighted by Crippen LogP contribution is 2.08. The Balaban J connectivity index is 2.76.